The van der Waals surface area contributed by atoms with E-state index in [1.54, 1.807) is 4.90 Å². The fourth-order valence-electron chi connectivity index (χ4n) is 3.06. The molecule has 0 aliphatic heterocycles. The molecule has 0 unspecified atom stereocenters. The molecule has 6 nitrogen and oxygen atoms in total. The molecule has 1 amide bonds. The van der Waals surface area contributed by atoms with Gasteiger partial charge in [0.15, 0.2) is 0 Å². The number of amides is 1. The number of halogens is 3. The number of carbonyl (C=O) groups is 1. The average molecular weight is 404 g/mol. The number of nitrogens with one attached hydrogen (secondary N) is 1. The predicted molar refractivity (Wildman–Crippen MR) is 104 cm³/mol. The molecule has 0 radical (unpaired) electrons. The van der Waals surface area contributed by atoms with Crippen molar-refractivity contribution < 1.29 is 18.0 Å². The van der Waals surface area contributed by atoms with Gasteiger partial charge in [0.2, 0.25) is 11.9 Å². The molecule has 0 aliphatic rings. The molecule has 0 atom stereocenters. The minimum absolute atomic E-state index is 0.0948. The van der Waals surface area contributed by atoms with Gasteiger partial charge in [0, 0.05) is 19.2 Å². The van der Waals surface area contributed by atoms with Crippen LogP contribution < -0.4 is 15.9 Å². The van der Waals surface area contributed by atoms with Crippen molar-refractivity contribution in [3.8, 4) is 0 Å². The first-order valence-electron chi connectivity index (χ1n) is 9.05. The Kier molecular flexibility index (Phi) is 5.86. The number of hydrogen-bond donors (Lipinski definition) is 1. The van der Waals surface area contributed by atoms with E-state index in [0.29, 0.717) is 19.2 Å². The largest absolute Gasteiger partial charge is 0.341 e. The molecule has 0 saturated heterocycles. The number of hydrogen-bond acceptors (Lipinski definition) is 4. The van der Waals surface area contributed by atoms with Crippen LogP contribution in [-0.4, -0.2) is 28.7 Å². The summed E-state index contributed by atoms with van der Waals surface area (Å²) in [6.45, 7) is 4.64. The summed E-state index contributed by atoms with van der Waals surface area (Å²) in [4.78, 5) is 31.5. The number of fused-ring (bicyclic) bond motifs is 1. The normalized spacial score (nSPS) is 10.9. The highest BCUT2D eigenvalue weighted by Gasteiger charge is 2.19. The van der Waals surface area contributed by atoms with Crippen LogP contribution in [0.1, 0.15) is 19.4 Å². The van der Waals surface area contributed by atoms with E-state index >= 15 is 0 Å². The number of benzene rings is 2. The molecule has 2 aromatic carbocycles. The van der Waals surface area contributed by atoms with Crippen LogP contribution in [0.15, 0.2) is 41.2 Å². The van der Waals surface area contributed by atoms with Crippen molar-refractivity contribution in [2.75, 3.05) is 23.4 Å². The summed E-state index contributed by atoms with van der Waals surface area (Å²) in [5.74, 6) is -2.97. The zero-order valence-electron chi connectivity index (χ0n) is 15.9. The van der Waals surface area contributed by atoms with Gasteiger partial charge >= 0.3 is 0 Å². The quantitative estimate of drug-likeness (QED) is 0.686. The van der Waals surface area contributed by atoms with E-state index in [4.69, 9.17) is 0 Å². The second-order valence-corrected chi connectivity index (χ2v) is 6.35. The van der Waals surface area contributed by atoms with Crippen LogP contribution in [0.4, 0.5) is 19.1 Å². The Morgan fingerprint density at radius 1 is 1.10 bits per heavy atom. The molecule has 0 bridgehead atoms. The van der Waals surface area contributed by atoms with Gasteiger partial charge in [-0.2, -0.15) is 4.68 Å². The Labute approximate surface area is 164 Å². The van der Waals surface area contributed by atoms with E-state index in [0.717, 1.165) is 22.9 Å². The van der Waals surface area contributed by atoms with Crippen LogP contribution in [0, 0.1) is 17.5 Å². The lowest BCUT2D eigenvalue weighted by Crippen LogP contribution is -2.40. The van der Waals surface area contributed by atoms with Crippen LogP contribution in [0.3, 0.4) is 0 Å². The van der Waals surface area contributed by atoms with Gasteiger partial charge in [-0.3, -0.25) is 15.0 Å². The maximum atomic E-state index is 14.2. The molecular weight excluding hydrogens is 385 g/mol. The maximum Gasteiger partial charge on any atom is 0.284 e. The zero-order chi connectivity index (χ0) is 21.1. The molecule has 9 heteroatoms. The van der Waals surface area contributed by atoms with E-state index in [1.165, 1.54) is 12.1 Å². The van der Waals surface area contributed by atoms with Crippen molar-refractivity contribution in [2.24, 2.45) is 0 Å². The van der Waals surface area contributed by atoms with E-state index in [2.05, 4.69) is 10.4 Å². The monoisotopic (exact) mass is 404 g/mol. The summed E-state index contributed by atoms with van der Waals surface area (Å²) in [5, 5.41) is -0.263. The van der Waals surface area contributed by atoms with Crippen LogP contribution >= 0.6 is 0 Å². The molecule has 1 aromatic heterocycles. The highest BCUT2D eigenvalue weighted by atomic mass is 19.1. The fraction of sp³-hybridized carbons (Fsp3) is 0.250. The van der Waals surface area contributed by atoms with E-state index < -0.39 is 28.9 Å². The third-order valence-electron chi connectivity index (χ3n) is 4.40. The van der Waals surface area contributed by atoms with Gasteiger partial charge < -0.3 is 4.90 Å². The number of anilines is 1. The van der Waals surface area contributed by atoms with Crippen LogP contribution in [0.2, 0.25) is 0 Å². The van der Waals surface area contributed by atoms with Crippen molar-refractivity contribution in [3.05, 3.63) is 69.8 Å². The zero-order valence-corrected chi connectivity index (χ0v) is 15.9. The Hall–Kier alpha value is -3.36. The van der Waals surface area contributed by atoms with Gasteiger partial charge in [-0.05, 0) is 43.7 Å². The average Bonchev–Trinajstić information content (AvgIpc) is 2.64. The third-order valence-corrected chi connectivity index (χ3v) is 4.40. The molecular formula is C20H19F3N4O2. The second kappa shape index (κ2) is 8.34. The Morgan fingerprint density at radius 2 is 1.76 bits per heavy atom. The molecule has 152 valence electrons. The smallest absolute Gasteiger partial charge is 0.284 e. The molecule has 3 aromatic rings. The van der Waals surface area contributed by atoms with Crippen molar-refractivity contribution in [3.63, 3.8) is 0 Å². The van der Waals surface area contributed by atoms with E-state index in [9.17, 15) is 22.8 Å². The lowest BCUT2D eigenvalue weighted by molar-refractivity contribution is -0.116. The summed E-state index contributed by atoms with van der Waals surface area (Å²) in [6, 6.07) is 6.82. The first kappa shape index (κ1) is 20.4. The number of rotatable bonds is 6. The van der Waals surface area contributed by atoms with Gasteiger partial charge in [0.25, 0.3) is 5.56 Å². The molecule has 0 spiro atoms. The number of carbonyl (C=O) groups excluding carboxylic acids is 1. The molecule has 0 aliphatic carbocycles. The van der Waals surface area contributed by atoms with Crippen molar-refractivity contribution >= 4 is 22.8 Å². The van der Waals surface area contributed by atoms with Gasteiger partial charge in [0.05, 0.1) is 11.9 Å². The van der Waals surface area contributed by atoms with Gasteiger partial charge in [0.1, 0.15) is 22.8 Å². The molecule has 3 rings (SSSR count). The second-order valence-electron chi connectivity index (χ2n) is 6.35. The topological polar surface area (TPSA) is 67.2 Å². The fourth-order valence-corrected chi connectivity index (χ4v) is 3.06. The number of nitrogens with zero attached hydrogens (tertiary/aromatic N) is 3. The van der Waals surface area contributed by atoms with Crippen molar-refractivity contribution in [2.45, 2.75) is 20.3 Å². The summed E-state index contributed by atoms with van der Waals surface area (Å²) >= 11 is 0. The van der Waals surface area contributed by atoms with E-state index in [-0.39, 0.29) is 28.8 Å². The molecule has 0 fully saturated rings. The summed E-state index contributed by atoms with van der Waals surface area (Å²) < 4.78 is 41.8. The van der Waals surface area contributed by atoms with Gasteiger partial charge in [-0.1, -0.05) is 6.07 Å². The Bertz CT molecular complexity index is 1110. The Morgan fingerprint density at radius 3 is 2.38 bits per heavy atom. The van der Waals surface area contributed by atoms with E-state index in [1.807, 2.05) is 13.8 Å². The maximum absolute atomic E-state index is 14.2. The highest BCUT2D eigenvalue weighted by molar-refractivity contribution is 5.87. The lowest BCUT2D eigenvalue weighted by Gasteiger charge is -2.24. The molecule has 0 saturated carbocycles. The van der Waals surface area contributed by atoms with Crippen LogP contribution in [0.5, 0.6) is 0 Å². The summed E-state index contributed by atoms with van der Waals surface area (Å²) in [5.41, 5.74) is 1.86. The number of aromatic nitrogens is 2. The first-order valence-corrected chi connectivity index (χ1v) is 9.05. The molecule has 29 heavy (non-hydrogen) atoms. The van der Waals surface area contributed by atoms with Crippen molar-refractivity contribution in [1.29, 1.82) is 0 Å². The Balaban J connectivity index is 2.05. The van der Waals surface area contributed by atoms with Gasteiger partial charge in [-0.25, -0.2) is 18.2 Å². The highest BCUT2D eigenvalue weighted by Crippen LogP contribution is 2.17. The van der Waals surface area contributed by atoms with Crippen LogP contribution in [-0.2, 0) is 11.2 Å². The predicted octanol–water partition coefficient (Wildman–Crippen LogP) is 2.97. The minimum Gasteiger partial charge on any atom is -0.341 e. The first-order chi connectivity index (χ1) is 13.8. The lowest BCUT2D eigenvalue weighted by atomic mass is 10.1. The molecule has 1 N–H and O–H groups in total. The third kappa shape index (κ3) is 4.23. The summed E-state index contributed by atoms with van der Waals surface area (Å²) in [7, 11) is 0. The summed E-state index contributed by atoms with van der Waals surface area (Å²) in [6.07, 6.45) is -0.381. The van der Waals surface area contributed by atoms with Crippen molar-refractivity contribution in [1.82, 2.24) is 9.66 Å². The molecule has 1 heterocycles. The minimum atomic E-state index is -0.816. The van der Waals surface area contributed by atoms with Crippen LogP contribution in [0.25, 0.3) is 10.9 Å². The SMILES string of the molecule is CCN(CC)c1nc2cccc(F)c2c(=O)n1NC(=O)Cc1cc(F)cc(F)c1. The van der Waals surface area contributed by atoms with Gasteiger partial charge in [-0.15, -0.1) is 0 Å². The standard InChI is InChI=1S/C20H19F3N4O2/c1-3-26(4-2)20-24-16-7-5-6-15(23)18(16)19(29)27(20)25-17(28)10-12-8-13(21)11-14(22)9-12/h5-9,11H,3-4,10H2,1-2H3,(H,25,28).